The molecule has 2 saturated heterocycles. The molecule has 0 bridgehead atoms. The van der Waals surface area contributed by atoms with Crippen molar-refractivity contribution in [3.05, 3.63) is 0 Å². The van der Waals surface area contributed by atoms with Crippen LogP contribution in [0.1, 0.15) is 79.6 Å². The van der Waals surface area contributed by atoms with Crippen molar-refractivity contribution < 1.29 is 14.3 Å². The SMILES string of the molecule is CC1CC(NC(CC2CCCN2C(=O)OC(C)(C)C)C2CC2)CC(C)O1. The van der Waals surface area contributed by atoms with E-state index in [9.17, 15) is 4.79 Å². The van der Waals surface area contributed by atoms with E-state index in [4.69, 9.17) is 9.47 Å². The van der Waals surface area contributed by atoms with Crippen LogP contribution in [0.15, 0.2) is 0 Å². The van der Waals surface area contributed by atoms with Crippen molar-refractivity contribution in [1.29, 1.82) is 0 Å². The first-order valence-corrected chi connectivity index (χ1v) is 10.6. The van der Waals surface area contributed by atoms with Crippen LogP contribution >= 0.6 is 0 Å². The molecule has 4 unspecified atom stereocenters. The molecule has 2 aliphatic heterocycles. The van der Waals surface area contributed by atoms with Crippen LogP contribution in [-0.2, 0) is 9.47 Å². The van der Waals surface area contributed by atoms with E-state index in [1.807, 2.05) is 25.7 Å². The molecule has 3 fully saturated rings. The lowest BCUT2D eigenvalue weighted by Gasteiger charge is -2.37. The molecule has 5 heteroatoms. The number of hydrogen-bond donors (Lipinski definition) is 1. The minimum absolute atomic E-state index is 0.136. The molecule has 0 aromatic heterocycles. The van der Waals surface area contributed by atoms with Crippen molar-refractivity contribution in [2.75, 3.05) is 6.54 Å². The Kier molecular flexibility index (Phi) is 6.18. The van der Waals surface area contributed by atoms with Crippen LogP contribution in [0.5, 0.6) is 0 Å². The summed E-state index contributed by atoms with van der Waals surface area (Å²) in [6.45, 7) is 11.0. The summed E-state index contributed by atoms with van der Waals surface area (Å²) in [7, 11) is 0. The number of rotatable bonds is 5. The summed E-state index contributed by atoms with van der Waals surface area (Å²) in [5, 5.41) is 3.95. The Labute approximate surface area is 159 Å². The molecule has 0 spiro atoms. The van der Waals surface area contributed by atoms with Crippen molar-refractivity contribution in [3.63, 3.8) is 0 Å². The van der Waals surface area contributed by atoms with Crippen molar-refractivity contribution in [1.82, 2.24) is 10.2 Å². The molecule has 1 N–H and O–H groups in total. The minimum Gasteiger partial charge on any atom is -0.444 e. The number of amides is 1. The summed E-state index contributed by atoms with van der Waals surface area (Å²) in [4.78, 5) is 14.6. The standard InChI is InChI=1S/C21H38N2O3/c1-14-11-17(12-15(2)25-14)22-19(16-8-9-16)13-18-7-6-10-23(18)20(24)26-21(3,4)5/h14-19,22H,6-13H2,1-5H3. The zero-order chi connectivity index (χ0) is 18.9. The highest BCUT2D eigenvalue weighted by Crippen LogP contribution is 2.37. The molecule has 26 heavy (non-hydrogen) atoms. The quantitative estimate of drug-likeness (QED) is 0.796. The number of likely N-dealkylation sites (tertiary alicyclic amines) is 1. The maximum atomic E-state index is 12.6. The summed E-state index contributed by atoms with van der Waals surface area (Å²) in [6, 6.07) is 1.37. The highest BCUT2D eigenvalue weighted by molar-refractivity contribution is 5.68. The highest BCUT2D eigenvalue weighted by Gasteiger charge is 2.39. The van der Waals surface area contributed by atoms with Gasteiger partial charge in [-0.05, 0) is 85.5 Å². The zero-order valence-corrected chi connectivity index (χ0v) is 17.3. The molecule has 0 radical (unpaired) electrons. The molecule has 0 aromatic carbocycles. The molecular formula is C21H38N2O3. The van der Waals surface area contributed by atoms with E-state index in [2.05, 4.69) is 19.2 Å². The van der Waals surface area contributed by atoms with Crippen LogP contribution in [0.2, 0.25) is 0 Å². The van der Waals surface area contributed by atoms with Gasteiger partial charge in [-0.3, -0.25) is 0 Å². The molecular weight excluding hydrogens is 328 g/mol. The highest BCUT2D eigenvalue weighted by atomic mass is 16.6. The van der Waals surface area contributed by atoms with Gasteiger partial charge in [0.1, 0.15) is 5.60 Å². The van der Waals surface area contributed by atoms with Gasteiger partial charge in [-0.25, -0.2) is 4.79 Å². The van der Waals surface area contributed by atoms with E-state index < -0.39 is 5.60 Å². The van der Waals surface area contributed by atoms with Gasteiger partial charge in [0.25, 0.3) is 0 Å². The monoisotopic (exact) mass is 366 g/mol. The van der Waals surface area contributed by atoms with Gasteiger partial charge in [-0.1, -0.05) is 0 Å². The fraction of sp³-hybridized carbons (Fsp3) is 0.952. The number of ether oxygens (including phenoxy) is 2. The van der Waals surface area contributed by atoms with Crippen LogP contribution in [0.25, 0.3) is 0 Å². The summed E-state index contributed by atoms with van der Waals surface area (Å²) >= 11 is 0. The fourth-order valence-corrected chi connectivity index (χ4v) is 4.67. The second-order valence-corrected chi connectivity index (χ2v) is 9.74. The second-order valence-electron chi connectivity index (χ2n) is 9.74. The fourth-order valence-electron chi connectivity index (χ4n) is 4.67. The molecule has 1 saturated carbocycles. The summed E-state index contributed by atoms with van der Waals surface area (Å²) < 4.78 is 11.5. The third-order valence-electron chi connectivity index (χ3n) is 5.87. The Bertz CT molecular complexity index is 476. The molecule has 5 nitrogen and oxygen atoms in total. The van der Waals surface area contributed by atoms with Crippen LogP contribution in [0, 0.1) is 5.92 Å². The van der Waals surface area contributed by atoms with Gasteiger partial charge in [0.2, 0.25) is 0 Å². The van der Waals surface area contributed by atoms with Crippen molar-refractivity contribution in [3.8, 4) is 0 Å². The normalized spacial score (nSPS) is 34.0. The third-order valence-corrected chi connectivity index (χ3v) is 5.87. The molecule has 1 aliphatic carbocycles. The van der Waals surface area contributed by atoms with Gasteiger partial charge < -0.3 is 19.7 Å². The lowest BCUT2D eigenvalue weighted by atomic mass is 9.95. The first-order chi connectivity index (χ1) is 12.2. The average molecular weight is 367 g/mol. The predicted molar refractivity (Wildman–Crippen MR) is 103 cm³/mol. The number of hydrogen-bond acceptors (Lipinski definition) is 4. The van der Waals surface area contributed by atoms with Gasteiger partial charge in [-0.15, -0.1) is 0 Å². The Hall–Kier alpha value is -0.810. The molecule has 3 rings (SSSR count). The van der Waals surface area contributed by atoms with E-state index in [0.717, 1.165) is 44.6 Å². The van der Waals surface area contributed by atoms with Gasteiger partial charge in [0.05, 0.1) is 12.2 Å². The number of carbonyl (C=O) groups excluding carboxylic acids is 1. The van der Waals surface area contributed by atoms with Crippen LogP contribution in [-0.4, -0.2) is 53.5 Å². The van der Waals surface area contributed by atoms with E-state index in [0.29, 0.717) is 30.3 Å². The van der Waals surface area contributed by atoms with Crippen LogP contribution in [0.4, 0.5) is 4.79 Å². The Balaban J connectivity index is 1.58. The predicted octanol–water partition coefficient (Wildman–Crippen LogP) is 4.10. The van der Waals surface area contributed by atoms with Crippen molar-refractivity contribution in [2.45, 2.75) is 115 Å². The summed E-state index contributed by atoms with van der Waals surface area (Å²) in [6.07, 6.45) is 8.62. The topological polar surface area (TPSA) is 50.8 Å². The van der Waals surface area contributed by atoms with E-state index >= 15 is 0 Å². The Morgan fingerprint density at radius 2 is 1.85 bits per heavy atom. The van der Waals surface area contributed by atoms with Gasteiger partial charge in [0, 0.05) is 24.7 Å². The maximum absolute atomic E-state index is 12.6. The lowest BCUT2D eigenvalue weighted by Crippen LogP contribution is -2.49. The molecule has 0 aromatic rings. The third kappa shape index (κ3) is 5.59. The van der Waals surface area contributed by atoms with Crippen LogP contribution < -0.4 is 5.32 Å². The van der Waals surface area contributed by atoms with Crippen LogP contribution in [0.3, 0.4) is 0 Å². The molecule has 2 heterocycles. The Morgan fingerprint density at radius 3 is 2.42 bits per heavy atom. The summed E-state index contributed by atoms with van der Waals surface area (Å²) in [5.74, 6) is 0.782. The smallest absolute Gasteiger partial charge is 0.410 e. The van der Waals surface area contributed by atoms with Gasteiger partial charge in [-0.2, -0.15) is 0 Å². The molecule has 3 aliphatic rings. The van der Waals surface area contributed by atoms with Crippen molar-refractivity contribution >= 4 is 6.09 Å². The van der Waals surface area contributed by atoms with Crippen molar-refractivity contribution in [2.24, 2.45) is 5.92 Å². The van der Waals surface area contributed by atoms with Gasteiger partial charge in [0.15, 0.2) is 0 Å². The molecule has 4 atom stereocenters. The minimum atomic E-state index is -0.424. The largest absolute Gasteiger partial charge is 0.444 e. The maximum Gasteiger partial charge on any atom is 0.410 e. The summed E-state index contributed by atoms with van der Waals surface area (Å²) in [5.41, 5.74) is -0.424. The molecule has 1 amide bonds. The average Bonchev–Trinajstić information content (AvgIpc) is 3.23. The van der Waals surface area contributed by atoms with E-state index in [1.165, 1.54) is 12.8 Å². The first kappa shape index (κ1) is 19.9. The Morgan fingerprint density at radius 1 is 1.19 bits per heavy atom. The number of nitrogens with one attached hydrogen (secondary N) is 1. The zero-order valence-electron chi connectivity index (χ0n) is 17.3. The number of carbonyl (C=O) groups is 1. The molecule has 150 valence electrons. The number of nitrogens with zero attached hydrogens (tertiary/aromatic N) is 1. The van der Waals surface area contributed by atoms with E-state index in [1.54, 1.807) is 0 Å². The lowest BCUT2D eigenvalue weighted by molar-refractivity contribution is -0.0443. The van der Waals surface area contributed by atoms with Gasteiger partial charge >= 0.3 is 6.09 Å². The first-order valence-electron chi connectivity index (χ1n) is 10.6. The second kappa shape index (κ2) is 8.05. The van der Waals surface area contributed by atoms with E-state index in [-0.39, 0.29) is 6.09 Å².